The summed E-state index contributed by atoms with van der Waals surface area (Å²) in [6.07, 6.45) is 10.9. The van der Waals surface area contributed by atoms with Gasteiger partial charge in [0.25, 0.3) is 0 Å². The second kappa shape index (κ2) is 3.76. The van der Waals surface area contributed by atoms with Crippen LogP contribution in [-0.4, -0.2) is 0 Å². The van der Waals surface area contributed by atoms with Gasteiger partial charge in [0.05, 0.1) is 0 Å². The maximum atomic E-state index is 3.93. The SMILES string of the molecule is C=CC1CC2CC1CC2=CC(C)=CC. The summed E-state index contributed by atoms with van der Waals surface area (Å²) in [6.45, 7) is 8.25. The van der Waals surface area contributed by atoms with E-state index in [9.17, 15) is 0 Å². The molecule has 2 saturated carbocycles. The Kier molecular flexibility index (Phi) is 2.62. The summed E-state index contributed by atoms with van der Waals surface area (Å²) in [5, 5.41) is 0. The Bertz CT molecular complexity index is 293. The third-order valence-electron chi connectivity index (χ3n) is 3.94. The Labute approximate surface area is 87.4 Å². The molecule has 0 amide bonds. The van der Waals surface area contributed by atoms with Crippen LogP contribution < -0.4 is 0 Å². The van der Waals surface area contributed by atoms with Crippen LogP contribution in [0.25, 0.3) is 0 Å². The van der Waals surface area contributed by atoms with E-state index in [0.29, 0.717) is 0 Å². The molecule has 0 aromatic carbocycles. The third kappa shape index (κ3) is 1.58. The number of fused-ring (bicyclic) bond motifs is 2. The van der Waals surface area contributed by atoms with Crippen molar-refractivity contribution in [3.8, 4) is 0 Å². The number of allylic oxidation sites excluding steroid dienone is 5. The van der Waals surface area contributed by atoms with E-state index in [1.165, 1.54) is 24.8 Å². The molecule has 3 atom stereocenters. The fourth-order valence-corrected chi connectivity index (χ4v) is 3.01. The van der Waals surface area contributed by atoms with E-state index in [1.807, 2.05) is 0 Å². The lowest BCUT2D eigenvalue weighted by atomic mass is 9.85. The fourth-order valence-electron chi connectivity index (χ4n) is 3.01. The standard InChI is InChI=1S/C14H20/c1-4-10(3)6-12-8-13-9-14(12)7-11(13)5-2/h4-6,11,13-14H,2,7-9H2,1,3H3. The summed E-state index contributed by atoms with van der Waals surface area (Å²) in [6, 6.07) is 0. The molecule has 0 nitrogen and oxygen atoms in total. The molecule has 0 N–H and O–H groups in total. The van der Waals surface area contributed by atoms with Crippen LogP contribution in [0.5, 0.6) is 0 Å². The van der Waals surface area contributed by atoms with Crippen LogP contribution in [0.1, 0.15) is 33.1 Å². The van der Waals surface area contributed by atoms with Gasteiger partial charge in [0.15, 0.2) is 0 Å². The topological polar surface area (TPSA) is 0 Å². The molecule has 14 heavy (non-hydrogen) atoms. The van der Waals surface area contributed by atoms with Crippen LogP contribution in [0, 0.1) is 17.8 Å². The number of hydrogen-bond donors (Lipinski definition) is 0. The van der Waals surface area contributed by atoms with Crippen LogP contribution in [0.3, 0.4) is 0 Å². The number of rotatable bonds is 2. The highest BCUT2D eigenvalue weighted by atomic mass is 14.5. The molecule has 0 aliphatic heterocycles. The first-order valence-corrected chi connectivity index (χ1v) is 5.70. The first-order valence-electron chi connectivity index (χ1n) is 5.70. The Morgan fingerprint density at radius 1 is 1.43 bits per heavy atom. The van der Waals surface area contributed by atoms with E-state index in [1.54, 1.807) is 5.57 Å². The minimum Gasteiger partial charge on any atom is -0.103 e. The highest BCUT2D eigenvalue weighted by Gasteiger charge is 2.40. The zero-order valence-corrected chi connectivity index (χ0v) is 9.29. The Hall–Kier alpha value is -0.780. The summed E-state index contributed by atoms with van der Waals surface area (Å²) in [5.41, 5.74) is 3.12. The normalized spacial score (nSPS) is 39.4. The summed E-state index contributed by atoms with van der Waals surface area (Å²) in [5.74, 6) is 2.59. The lowest BCUT2D eigenvalue weighted by molar-refractivity contribution is 0.448. The van der Waals surface area contributed by atoms with Crippen molar-refractivity contribution in [3.63, 3.8) is 0 Å². The first-order chi connectivity index (χ1) is 6.74. The minimum atomic E-state index is 0.808. The fraction of sp³-hybridized carbons (Fsp3) is 0.571. The Morgan fingerprint density at radius 3 is 2.71 bits per heavy atom. The molecule has 2 bridgehead atoms. The van der Waals surface area contributed by atoms with Gasteiger partial charge in [-0.2, -0.15) is 0 Å². The maximum absolute atomic E-state index is 3.93. The van der Waals surface area contributed by atoms with Crippen molar-refractivity contribution >= 4 is 0 Å². The third-order valence-corrected chi connectivity index (χ3v) is 3.94. The van der Waals surface area contributed by atoms with Gasteiger partial charge < -0.3 is 0 Å². The van der Waals surface area contributed by atoms with Gasteiger partial charge in [-0.05, 0) is 50.9 Å². The Balaban J connectivity index is 2.10. The molecule has 0 spiro atoms. The van der Waals surface area contributed by atoms with Crippen molar-refractivity contribution in [1.82, 2.24) is 0 Å². The van der Waals surface area contributed by atoms with Gasteiger partial charge in [-0.3, -0.25) is 0 Å². The molecular formula is C14H20. The van der Waals surface area contributed by atoms with E-state index in [4.69, 9.17) is 0 Å². The molecule has 0 aromatic heterocycles. The van der Waals surface area contributed by atoms with E-state index >= 15 is 0 Å². The quantitative estimate of drug-likeness (QED) is 0.572. The van der Waals surface area contributed by atoms with Gasteiger partial charge in [0.2, 0.25) is 0 Å². The molecular weight excluding hydrogens is 168 g/mol. The maximum Gasteiger partial charge on any atom is -0.0191 e. The van der Waals surface area contributed by atoms with E-state index in [2.05, 4.69) is 38.7 Å². The molecule has 2 rings (SSSR count). The smallest absolute Gasteiger partial charge is 0.0191 e. The van der Waals surface area contributed by atoms with E-state index in [0.717, 1.165) is 17.8 Å². The molecule has 0 saturated heterocycles. The summed E-state index contributed by atoms with van der Waals surface area (Å²) >= 11 is 0. The highest BCUT2D eigenvalue weighted by molar-refractivity contribution is 5.28. The van der Waals surface area contributed by atoms with E-state index in [-0.39, 0.29) is 0 Å². The van der Waals surface area contributed by atoms with Gasteiger partial charge in [-0.25, -0.2) is 0 Å². The summed E-state index contributed by atoms with van der Waals surface area (Å²) in [4.78, 5) is 0. The molecule has 2 fully saturated rings. The summed E-state index contributed by atoms with van der Waals surface area (Å²) < 4.78 is 0. The van der Waals surface area contributed by atoms with Crippen LogP contribution in [0.4, 0.5) is 0 Å². The first kappa shape index (κ1) is 9.76. The zero-order chi connectivity index (χ0) is 10.1. The predicted octanol–water partition coefficient (Wildman–Crippen LogP) is 4.11. The lowest BCUT2D eigenvalue weighted by Gasteiger charge is -2.20. The van der Waals surface area contributed by atoms with Crippen molar-refractivity contribution in [2.24, 2.45) is 17.8 Å². The van der Waals surface area contributed by atoms with Gasteiger partial charge in [0, 0.05) is 0 Å². The Morgan fingerprint density at radius 2 is 2.21 bits per heavy atom. The van der Waals surface area contributed by atoms with Crippen molar-refractivity contribution in [1.29, 1.82) is 0 Å². The van der Waals surface area contributed by atoms with Gasteiger partial charge in [-0.1, -0.05) is 29.4 Å². The molecule has 76 valence electrons. The van der Waals surface area contributed by atoms with Crippen LogP contribution >= 0.6 is 0 Å². The molecule has 2 aliphatic carbocycles. The molecule has 0 heterocycles. The van der Waals surface area contributed by atoms with Crippen LogP contribution in [0.15, 0.2) is 36.0 Å². The monoisotopic (exact) mass is 188 g/mol. The average molecular weight is 188 g/mol. The van der Waals surface area contributed by atoms with E-state index < -0.39 is 0 Å². The van der Waals surface area contributed by atoms with Crippen LogP contribution in [0.2, 0.25) is 0 Å². The molecule has 0 radical (unpaired) electrons. The average Bonchev–Trinajstić information content (AvgIpc) is 2.75. The largest absolute Gasteiger partial charge is 0.103 e. The van der Waals surface area contributed by atoms with Crippen molar-refractivity contribution in [2.45, 2.75) is 33.1 Å². The minimum absolute atomic E-state index is 0.808. The second-order valence-corrected chi connectivity index (χ2v) is 4.78. The highest BCUT2D eigenvalue weighted by Crippen LogP contribution is 2.51. The molecule has 0 aromatic rings. The van der Waals surface area contributed by atoms with Crippen molar-refractivity contribution in [3.05, 3.63) is 36.0 Å². The molecule has 2 aliphatic rings. The van der Waals surface area contributed by atoms with Crippen molar-refractivity contribution < 1.29 is 0 Å². The van der Waals surface area contributed by atoms with Crippen molar-refractivity contribution in [2.75, 3.05) is 0 Å². The summed E-state index contributed by atoms with van der Waals surface area (Å²) in [7, 11) is 0. The van der Waals surface area contributed by atoms with Gasteiger partial charge in [-0.15, -0.1) is 6.58 Å². The van der Waals surface area contributed by atoms with Gasteiger partial charge >= 0.3 is 0 Å². The second-order valence-electron chi connectivity index (χ2n) is 4.78. The zero-order valence-electron chi connectivity index (χ0n) is 9.29. The molecule has 3 unspecified atom stereocenters. The van der Waals surface area contributed by atoms with Gasteiger partial charge in [0.1, 0.15) is 0 Å². The molecule has 0 heteroatoms. The van der Waals surface area contributed by atoms with Crippen LogP contribution in [-0.2, 0) is 0 Å². The number of hydrogen-bond acceptors (Lipinski definition) is 0. The predicted molar refractivity (Wildman–Crippen MR) is 62.0 cm³/mol. The lowest BCUT2D eigenvalue weighted by Crippen LogP contribution is -2.09.